The van der Waals surface area contributed by atoms with Gasteiger partial charge in [0.1, 0.15) is 17.0 Å². The molecule has 4 heterocycles. The van der Waals surface area contributed by atoms with Crippen molar-refractivity contribution in [3.05, 3.63) is 46.9 Å². The first-order chi connectivity index (χ1) is 12.7. The number of nitrogens with zero attached hydrogens (tertiary/aromatic N) is 4. The molecule has 1 amide bonds. The van der Waals surface area contributed by atoms with Crippen molar-refractivity contribution < 1.29 is 4.79 Å². The van der Waals surface area contributed by atoms with Gasteiger partial charge in [-0.1, -0.05) is 6.07 Å². The molecule has 7 heteroatoms. The lowest BCUT2D eigenvalue weighted by Crippen LogP contribution is -2.35. The van der Waals surface area contributed by atoms with Crippen LogP contribution in [0.15, 0.2) is 30.7 Å². The van der Waals surface area contributed by atoms with Crippen LogP contribution >= 0.6 is 11.3 Å². The van der Waals surface area contributed by atoms with Crippen molar-refractivity contribution in [1.29, 1.82) is 0 Å². The van der Waals surface area contributed by atoms with Crippen molar-refractivity contribution in [3.8, 4) is 0 Å². The number of amides is 1. The molecule has 1 aliphatic rings. The van der Waals surface area contributed by atoms with Gasteiger partial charge in [-0.15, -0.1) is 11.3 Å². The summed E-state index contributed by atoms with van der Waals surface area (Å²) >= 11 is 1.46. The highest BCUT2D eigenvalue weighted by Crippen LogP contribution is 2.34. The van der Waals surface area contributed by atoms with Crippen LogP contribution in [0.2, 0.25) is 0 Å². The smallest absolute Gasteiger partial charge is 0.264 e. The number of aromatic nitrogens is 3. The van der Waals surface area contributed by atoms with Crippen molar-refractivity contribution in [2.75, 3.05) is 18.4 Å². The number of rotatable bonds is 4. The molecule has 26 heavy (non-hydrogen) atoms. The van der Waals surface area contributed by atoms with Gasteiger partial charge in [-0.25, -0.2) is 9.97 Å². The van der Waals surface area contributed by atoms with Gasteiger partial charge in [0, 0.05) is 19.3 Å². The van der Waals surface area contributed by atoms with Crippen molar-refractivity contribution in [2.24, 2.45) is 0 Å². The summed E-state index contributed by atoms with van der Waals surface area (Å²) in [5.41, 5.74) is 1.90. The van der Waals surface area contributed by atoms with Crippen molar-refractivity contribution >= 4 is 33.3 Å². The van der Waals surface area contributed by atoms with Crippen LogP contribution in [0.25, 0.3) is 10.2 Å². The molecule has 0 radical (unpaired) electrons. The van der Waals surface area contributed by atoms with Crippen molar-refractivity contribution in [1.82, 2.24) is 19.9 Å². The molecule has 0 saturated carbocycles. The Morgan fingerprint density at radius 1 is 1.19 bits per heavy atom. The zero-order chi connectivity index (χ0) is 17.9. The normalized spacial score (nSPS) is 14.6. The Hall–Kier alpha value is -2.54. The van der Waals surface area contributed by atoms with E-state index in [4.69, 9.17) is 0 Å². The second-order valence-corrected chi connectivity index (χ2v) is 7.49. The molecule has 1 saturated heterocycles. The van der Waals surface area contributed by atoms with Crippen LogP contribution in [0, 0.1) is 6.92 Å². The van der Waals surface area contributed by atoms with Gasteiger partial charge in [0.2, 0.25) is 0 Å². The standard InChI is InChI=1S/C19H21N5OS/c1-13-15-17(21-11-14-7-3-4-8-20-14)22-12-23-18(15)26-16(13)19(25)24-9-5-2-6-10-24/h3-4,7-8,12H,2,5-6,9-11H2,1H3,(H,21,22,23). The summed E-state index contributed by atoms with van der Waals surface area (Å²) < 4.78 is 0. The maximum Gasteiger partial charge on any atom is 0.264 e. The summed E-state index contributed by atoms with van der Waals surface area (Å²) in [7, 11) is 0. The van der Waals surface area contributed by atoms with Crippen LogP contribution in [-0.2, 0) is 6.54 Å². The van der Waals surface area contributed by atoms with Gasteiger partial charge in [-0.05, 0) is 43.9 Å². The largest absolute Gasteiger partial charge is 0.364 e. The molecule has 0 spiro atoms. The first-order valence-corrected chi connectivity index (χ1v) is 9.73. The topological polar surface area (TPSA) is 71.0 Å². The molecule has 0 aromatic carbocycles. The summed E-state index contributed by atoms with van der Waals surface area (Å²) in [5, 5.41) is 4.28. The number of carbonyl (C=O) groups excluding carboxylic acids is 1. The maximum absolute atomic E-state index is 12.9. The fourth-order valence-corrected chi connectivity index (χ4v) is 4.44. The monoisotopic (exact) mass is 367 g/mol. The third-order valence-corrected chi connectivity index (χ3v) is 5.92. The Labute approximate surface area is 156 Å². The molecule has 3 aromatic heterocycles. The molecule has 1 N–H and O–H groups in total. The Morgan fingerprint density at radius 3 is 2.81 bits per heavy atom. The van der Waals surface area contributed by atoms with E-state index in [2.05, 4.69) is 20.3 Å². The Kier molecular flexibility index (Phi) is 4.79. The zero-order valence-electron chi connectivity index (χ0n) is 14.7. The second kappa shape index (κ2) is 7.37. The van der Waals surface area contributed by atoms with E-state index in [1.807, 2.05) is 30.0 Å². The molecule has 0 aliphatic carbocycles. The number of pyridine rings is 1. The van der Waals surface area contributed by atoms with Crippen LogP contribution in [0.3, 0.4) is 0 Å². The first kappa shape index (κ1) is 16.9. The number of hydrogen-bond acceptors (Lipinski definition) is 6. The van der Waals surface area contributed by atoms with Crippen molar-refractivity contribution in [3.63, 3.8) is 0 Å². The fraction of sp³-hybridized carbons (Fsp3) is 0.368. The van der Waals surface area contributed by atoms with E-state index >= 15 is 0 Å². The van der Waals surface area contributed by atoms with Gasteiger partial charge in [0.15, 0.2) is 0 Å². The lowest BCUT2D eigenvalue weighted by molar-refractivity contribution is 0.0728. The van der Waals surface area contributed by atoms with E-state index in [1.54, 1.807) is 12.5 Å². The van der Waals surface area contributed by atoms with Crippen molar-refractivity contribution in [2.45, 2.75) is 32.7 Å². The maximum atomic E-state index is 12.9. The quantitative estimate of drug-likeness (QED) is 0.762. The minimum Gasteiger partial charge on any atom is -0.364 e. The molecule has 0 atom stereocenters. The van der Waals surface area contributed by atoms with E-state index < -0.39 is 0 Å². The zero-order valence-corrected chi connectivity index (χ0v) is 15.6. The predicted molar refractivity (Wildman–Crippen MR) is 103 cm³/mol. The van der Waals surface area contributed by atoms with Gasteiger partial charge in [-0.3, -0.25) is 9.78 Å². The van der Waals surface area contributed by atoms with E-state index in [0.29, 0.717) is 6.54 Å². The van der Waals surface area contributed by atoms with Crippen LogP contribution in [0.1, 0.15) is 40.2 Å². The SMILES string of the molecule is Cc1c(C(=O)N2CCCCC2)sc2ncnc(NCc3ccccn3)c12. The fourth-order valence-electron chi connectivity index (χ4n) is 3.33. The Morgan fingerprint density at radius 2 is 2.04 bits per heavy atom. The van der Waals surface area contributed by atoms with Gasteiger partial charge in [0.25, 0.3) is 5.91 Å². The van der Waals surface area contributed by atoms with Crippen LogP contribution in [-0.4, -0.2) is 38.8 Å². The Bertz CT molecular complexity index is 918. The minimum absolute atomic E-state index is 0.126. The third kappa shape index (κ3) is 3.26. The molecule has 0 unspecified atom stereocenters. The summed E-state index contributed by atoms with van der Waals surface area (Å²) in [6.07, 6.45) is 6.72. The average Bonchev–Trinajstić information content (AvgIpc) is 3.04. The number of hydrogen-bond donors (Lipinski definition) is 1. The van der Waals surface area contributed by atoms with E-state index in [1.165, 1.54) is 17.8 Å². The van der Waals surface area contributed by atoms with Crippen LogP contribution in [0.4, 0.5) is 5.82 Å². The van der Waals surface area contributed by atoms with Gasteiger partial charge >= 0.3 is 0 Å². The number of piperidine rings is 1. The molecule has 134 valence electrons. The molecular weight excluding hydrogens is 346 g/mol. The summed E-state index contributed by atoms with van der Waals surface area (Å²) in [6.45, 7) is 4.27. The number of nitrogens with one attached hydrogen (secondary N) is 1. The van der Waals surface area contributed by atoms with E-state index in [9.17, 15) is 4.79 Å². The minimum atomic E-state index is 0.126. The van der Waals surface area contributed by atoms with Gasteiger partial charge < -0.3 is 10.2 Å². The molecule has 1 aliphatic heterocycles. The predicted octanol–water partition coefficient (Wildman–Crippen LogP) is 3.63. The third-order valence-electron chi connectivity index (χ3n) is 4.73. The lowest BCUT2D eigenvalue weighted by Gasteiger charge is -2.26. The number of carbonyl (C=O) groups is 1. The van der Waals surface area contributed by atoms with Gasteiger partial charge in [0.05, 0.1) is 22.5 Å². The average molecular weight is 367 g/mol. The number of likely N-dealkylation sites (tertiary alicyclic amines) is 1. The summed E-state index contributed by atoms with van der Waals surface area (Å²) in [5.74, 6) is 0.882. The van der Waals surface area contributed by atoms with Crippen LogP contribution < -0.4 is 5.32 Å². The van der Waals surface area contributed by atoms with Crippen LogP contribution in [0.5, 0.6) is 0 Å². The lowest BCUT2D eigenvalue weighted by atomic mass is 10.1. The molecular formula is C19H21N5OS. The van der Waals surface area contributed by atoms with E-state index in [0.717, 1.165) is 58.1 Å². The second-order valence-electron chi connectivity index (χ2n) is 6.49. The number of thiophene rings is 1. The molecule has 0 bridgehead atoms. The number of fused-ring (bicyclic) bond motifs is 1. The van der Waals surface area contributed by atoms with E-state index in [-0.39, 0.29) is 5.91 Å². The number of anilines is 1. The molecule has 6 nitrogen and oxygen atoms in total. The summed E-state index contributed by atoms with van der Waals surface area (Å²) in [6, 6.07) is 5.83. The molecule has 3 aromatic rings. The highest BCUT2D eigenvalue weighted by Gasteiger charge is 2.24. The highest BCUT2D eigenvalue weighted by molar-refractivity contribution is 7.20. The molecule has 1 fully saturated rings. The van der Waals surface area contributed by atoms with Gasteiger partial charge in [-0.2, -0.15) is 0 Å². The Balaban J connectivity index is 1.63. The number of aryl methyl sites for hydroxylation is 1. The summed E-state index contributed by atoms with van der Waals surface area (Å²) in [4.78, 5) is 29.6. The molecule has 4 rings (SSSR count). The first-order valence-electron chi connectivity index (χ1n) is 8.91. The highest BCUT2D eigenvalue weighted by atomic mass is 32.1.